The monoisotopic (exact) mass is 422 g/mol. The third-order valence-corrected chi connectivity index (χ3v) is 4.70. The fourth-order valence-corrected chi connectivity index (χ4v) is 3.43. The SMILES string of the molecule is C[NH+](CC(=O)Nc1ccc(OC(F)(F)F)cc1)CC(=O)N1CCCc2ccccc21. The minimum atomic E-state index is -4.77. The molecule has 0 radical (unpaired) electrons. The number of aryl methyl sites for hydroxylation is 1. The van der Waals surface area contributed by atoms with Gasteiger partial charge >= 0.3 is 6.36 Å². The van der Waals surface area contributed by atoms with Crippen LogP contribution in [0.4, 0.5) is 24.5 Å². The van der Waals surface area contributed by atoms with Gasteiger partial charge in [-0.25, -0.2) is 0 Å². The lowest BCUT2D eigenvalue weighted by molar-refractivity contribution is -0.862. The fourth-order valence-electron chi connectivity index (χ4n) is 3.43. The number of carbonyl (C=O) groups excluding carboxylic acids is 2. The van der Waals surface area contributed by atoms with Gasteiger partial charge in [0.15, 0.2) is 13.1 Å². The number of anilines is 2. The first kappa shape index (κ1) is 21.6. The molecule has 2 N–H and O–H groups in total. The average molecular weight is 422 g/mol. The number of alkyl halides is 3. The Bertz CT molecular complexity index is 900. The number of quaternary nitrogens is 1. The van der Waals surface area contributed by atoms with Gasteiger partial charge in [0.05, 0.1) is 7.05 Å². The molecule has 30 heavy (non-hydrogen) atoms. The van der Waals surface area contributed by atoms with Gasteiger partial charge in [0, 0.05) is 17.9 Å². The number of benzene rings is 2. The zero-order valence-corrected chi connectivity index (χ0v) is 16.5. The summed E-state index contributed by atoms with van der Waals surface area (Å²) in [6.07, 6.45) is -2.92. The highest BCUT2D eigenvalue weighted by atomic mass is 19.4. The maximum Gasteiger partial charge on any atom is 0.573 e. The predicted molar refractivity (Wildman–Crippen MR) is 105 cm³/mol. The highest BCUT2D eigenvalue weighted by molar-refractivity contribution is 5.95. The number of hydrogen-bond donors (Lipinski definition) is 2. The number of halogens is 3. The normalized spacial score (nSPS) is 14.6. The highest BCUT2D eigenvalue weighted by Crippen LogP contribution is 2.26. The summed E-state index contributed by atoms with van der Waals surface area (Å²) in [4.78, 5) is 27.4. The van der Waals surface area contributed by atoms with Crippen molar-refractivity contribution in [3.8, 4) is 5.75 Å². The molecule has 0 saturated heterocycles. The smallest absolute Gasteiger partial charge is 0.406 e. The summed E-state index contributed by atoms with van der Waals surface area (Å²) >= 11 is 0. The van der Waals surface area contributed by atoms with Crippen LogP contribution in [0.5, 0.6) is 5.75 Å². The van der Waals surface area contributed by atoms with Crippen molar-refractivity contribution in [1.29, 1.82) is 0 Å². The number of amides is 2. The van der Waals surface area contributed by atoms with Crippen LogP contribution in [-0.2, 0) is 16.0 Å². The van der Waals surface area contributed by atoms with E-state index in [9.17, 15) is 22.8 Å². The number of hydrogen-bond acceptors (Lipinski definition) is 3. The fraction of sp³-hybridized carbons (Fsp3) is 0.333. The Labute approximate surface area is 172 Å². The van der Waals surface area contributed by atoms with Gasteiger partial charge in [0.2, 0.25) is 0 Å². The molecule has 160 valence electrons. The summed E-state index contributed by atoms with van der Waals surface area (Å²) in [6, 6.07) is 12.7. The summed E-state index contributed by atoms with van der Waals surface area (Å²) in [5, 5.41) is 2.61. The van der Waals surface area contributed by atoms with Crippen LogP contribution in [-0.4, -0.2) is 44.9 Å². The Kier molecular flexibility index (Phi) is 6.61. The van der Waals surface area contributed by atoms with E-state index < -0.39 is 6.36 Å². The molecule has 1 unspecified atom stereocenters. The van der Waals surface area contributed by atoms with Gasteiger partial charge in [0.1, 0.15) is 5.75 Å². The van der Waals surface area contributed by atoms with Crippen molar-refractivity contribution in [2.75, 3.05) is 36.9 Å². The van der Waals surface area contributed by atoms with Crippen molar-refractivity contribution in [2.45, 2.75) is 19.2 Å². The minimum Gasteiger partial charge on any atom is -0.406 e. The van der Waals surface area contributed by atoms with Crippen LogP contribution in [0.15, 0.2) is 48.5 Å². The van der Waals surface area contributed by atoms with E-state index in [-0.39, 0.29) is 30.7 Å². The van der Waals surface area contributed by atoms with Crippen LogP contribution < -0.4 is 19.9 Å². The van der Waals surface area contributed by atoms with E-state index in [1.807, 2.05) is 24.3 Å². The maximum absolute atomic E-state index is 12.7. The van der Waals surface area contributed by atoms with Crippen molar-refractivity contribution in [3.63, 3.8) is 0 Å². The Morgan fingerprint density at radius 3 is 2.50 bits per heavy atom. The van der Waals surface area contributed by atoms with Gasteiger partial charge in [-0.15, -0.1) is 13.2 Å². The van der Waals surface area contributed by atoms with E-state index in [0.717, 1.165) is 36.2 Å². The second-order valence-electron chi connectivity index (χ2n) is 7.21. The minimum absolute atomic E-state index is 0.0437. The molecule has 3 rings (SSSR count). The van der Waals surface area contributed by atoms with E-state index in [2.05, 4.69) is 10.1 Å². The first-order valence-corrected chi connectivity index (χ1v) is 9.56. The summed E-state index contributed by atoms with van der Waals surface area (Å²) in [5.74, 6) is -0.763. The van der Waals surface area contributed by atoms with Crippen LogP contribution >= 0.6 is 0 Å². The maximum atomic E-state index is 12.7. The molecule has 1 aliphatic heterocycles. The highest BCUT2D eigenvalue weighted by Gasteiger charge is 2.31. The van der Waals surface area contributed by atoms with Crippen molar-refractivity contribution in [1.82, 2.24) is 0 Å². The molecule has 2 aromatic rings. The topological polar surface area (TPSA) is 63.1 Å². The standard InChI is InChI=1S/C21H22F3N3O3/c1-26(14-20(29)27-12-4-6-15-5-2-3-7-18(15)27)13-19(28)25-16-8-10-17(11-9-16)30-21(22,23)24/h2-3,5,7-11H,4,6,12-14H2,1H3,(H,25,28)/p+1. The van der Waals surface area contributed by atoms with Gasteiger partial charge in [-0.2, -0.15) is 0 Å². The van der Waals surface area contributed by atoms with E-state index in [0.29, 0.717) is 17.1 Å². The molecule has 0 saturated carbocycles. The number of carbonyl (C=O) groups is 2. The number of likely N-dealkylation sites (N-methyl/N-ethyl adjacent to an activating group) is 1. The molecule has 0 fully saturated rings. The van der Waals surface area contributed by atoms with E-state index in [1.165, 1.54) is 12.1 Å². The van der Waals surface area contributed by atoms with Crippen LogP contribution in [0.1, 0.15) is 12.0 Å². The molecule has 0 aromatic heterocycles. The van der Waals surface area contributed by atoms with Crippen molar-refractivity contribution in [3.05, 3.63) is 54.1 Å². The van der Waals surface area contributed by atoms with Crippen molar-refractivity contribution >= 4 is 23.2 Å². The predicted octanol–water partition coefficient (Wildman–Crippen LogP) is 2.02. The third kappa shape index (κ3) is 5.96. The average Bonchev–Trinajstić information content (AvgIpc) is 2.67. The number of para-hydroxylation sites is 1. The lowest BCUT2D eigenvalue weighted by Crippen LogP contribution is -3.11. The molecule has 0 spiro atoms. The number of fused-ring (bicyclic) bond motifs is 1. The summed E-state index contributed by atoms with van der Waals surface area (Å²) in [7, 11) is 1.74. The molecule has 1 atom stereocenters. The van der Waals surface area contributed by atoms with Crippen LogP contribution in [0, 0.1) is 0 Å². The molecule has 1 aliphatic rings. The second kappa shape index (κ2) is 9.17. The molecular formula is C21H23F3N3O3+. The largest absolute Gasteiger partial charge is 0.573 e. The first-order chi connectivity index (χ1) is 14.2. The zero-order chi connectivity index (χ0) is 21.7. The van der Waals surface area contributed by atoms with E-state index in [4.69, 9.17) is 0 Å². The van der Waals surface area contributed by atoms with Crippen LogP contribution in [0.2, 0.25) is 0 Å². The Morgan fingerprint density at radius 1 is 1.10 bits per heavy atom. The number of nitrogens with zero attached hydrogens (tertiary/aromatic N) is 1. The molecule has 0 aliphatic carbocycles. The van der Waals surface area contributed by atoms with Gasteiger partial charge in [0.25, 0.3) is 11.8 Å². The molecule has 6 nitrogen and oxygen atoms in total. The summed E-state index contributed by atoms with van der Waals surface area (Å²) in [5.41, 5.74) is 2.41. The van der Waals surface area contributed by atoms with Gasteiger partial charge in [-0.05, 0) is 48.7 Å². The first-order valence-electron chi connectivity index (χ1n) is 9.56. The van der Waals surface area contributed by atoms with Crippen molar-refractivity contribution in [2.24, 2.45) is 0 Å². The van der Waals surface area contributed by atoms with Crippen LogP contribution in [0.25, 0.3) is 0 Å². The van der Waals surface area contributed by atoms with E-state index in [1.54, 1.807) is 11.9 Å². The zero-order valence-electron chi connectivity index (χ0n) is 16.5. The molecule has 9 heteroatoms. The third-order valence-electron chi connectivity index (χ3n) is 4.70. The Hall–Kier alpha value is -3.07. The van der Waals surface area contributed by atoms with Gasteiger partial charge in [-0.3, -0.25) is 9.59 Å². The molecule has 2 amide bonds. The molecule has 1 heterocycles. The molecular weight excluding hydrogens is 399 g/mol. The van der Waals surface area contributed by atoms with Gasteiger partial charge < -0.3 is 19.9 Å². The molecule has 2 aromatic carbocycles. The lowest BCUT2D eigenvalue weighted by atomic mass is 10.0. The summed E-state index contributed by atoms with van der Waals surface area (Å²) < 4.78 is 40.4. The quantitative estimate of drug-likeness (QED) is 0.749. The number of rotatable bonds is 6. The Morgan fingerprint density at radius 2 is 1.80 bits per heavy atom. The van der Waals surface area contributed by atoms with Crippen LogP contribution in [0.3, 0.4) is 0 Å². The molecule has 0 bridgehead atoms. The Balaban J connectivity index is 1.51. The van der Waals surface area contributed by atoms with E-state index >= 15 is 0 Å². The number of nitrogens with one attached hydrogen (secondary N) is 2. The van der Waals surface area contributed by atoms with Crippen molar-refractivity contribution < 1.29 is 32.4 Å². The second-order valence-corrected chi connectivity index (χ2v) is 7.21. The lowest BCUT2D eigenvalue weighted by Gasteiger charge is -2.29. The summed E-state index contributed by atoms with van der Waals surface area (Å²) in [6.45, 7) is 0.851. The van der Waals surface area contributed by atoms with Gasteiger partial charge in [-0.1, -0.05) is 18.2 Å². The number of ether oxygens (including phenoxy) is 1.